The third-order valence-corrected chi connectivity index (χ3v) is 16.5. The van der Waals surface area contributed by atoms with Gasteiger partial charge in [0.1, 0.15) is 11.5 Å². The summed E-state index contributed by atoms with van der Waals surface area (Å²) in [6, 6.07) is 87.8. The number of hydrogen-bond donors (Lipinski definition) is 2. The lowest BCUT2D eigenvalue weighted by Crippen LogP contribution is -1.94. The van der Waals surface area contributed by atoms with E-state index in [2.05, 4.69) is 230 Å². The number of hydrogen-bond acceptors (Lipinski definition) is 6. The Balaban J connectivity index is 0.000000143. The Bertz CT molecular complexity index is 4970. The van der Waals surface area contributed by atoms with Crippen molar-refractivity contribution in [2.75, 3.05) is 0 Å². The van der Waals surface area contributed by atoms with Crippen LogP contribution in [0.3, 0.4) is 0 Å². The van der Waals surface area contributed by atoms with Gasteiger partial charge < -0.3 is 10.2 Å². The van der Waals surface area contributed by atoms with Crippen molar-refractivity contribution in [3.05, 3.63) is 278 Å². The molecule has 6 nitrogen and oxygen atoms in total. The van der Waals surface area contributed by atoms with Crippen molar-refractivity contribution in [2.24, 2.45) is 0 Å². The smallest absolute Gasteiger partial charge is 0.133 e. The van der Waals surface area contributed by atoms with Crippen LogP contribution in [0.15, 0.2) is 267 Å². The Kier molecular flexibility index (Phi) is 12.2. The molecule has 0 saturated heterocycles. The molecule has 0 radical (unpaired) electrons. The standard InChI is InChI=1S/2C39H26N2O/c2*1-24-12-14-26(15-13-24)32-20-18-25-7-2-4-10-30(25)35(32)36-31-11-5-3-8-29(31)23-33(39(36)42)34-21-19-28-17-16-27-9-6-22-40-37(27)38(28)41-34/h2*2-23,42H,1H3. The van der Waals surface area contributed by atoms with E-state index in [9.17, 15) is 10.2 Å². The normalized spacial score (nSPS) is 11.5. The van der Waals surface area contributed by atoms with E-state index in [1.54, 1.807) is 12.4 Å². The summed E-state index contributed by atoms with van der Waals surface area (Å²) in [4.78, 5) is 19.5. The quantitative estimate of drug-likeness (QED) is 0.161. The number of fused-ring (bicyclic) bond motifs is 10. The summed E-state index contributed by atoms with van der Waals surface area (Å²) >= 11 is 0. The van der Waals surface area contributed by atoms with Gasteiger partial charge in [-0.2, -0.15) is 0 Å². The first-order chi connectivity index (χ1) is 41.3. The first kappa shape index (κ1) is 49.9. The molecule has 16 rings (SSSR count). The van der Waals surface area contributed by atoms with Gasteiger partial charge in [0.15, 0.2) is 0 Å². The Labute approximate surface area is 484 Å². The van der Waals surface area contributed by atoms with Gasteiger partial charge in [0.2, 0.25) is 0 Å². The van der Waals surface area contributed by atoms with Crippen LogP contribution in [0.5, 0.6) is 11.5 Å². The summed E-state index contributed by atoms with van der Waals surface area (Å²) in [6.45, 7) is 4.20. The molecular formula is C78H52N4O2. The largest absolute Gasteiger partial charge is 0.507 e. The summed E-state index contributed by atoms with van der Waals surface area (Å²) in [5.74, 6) is 0.442. The molecule has 0 aliphatic carbocycles. The maximum atomic E-state index is 12.3. The number of benzene rings is 12. The average molecular weight is 1080 g/mol. The highest BCUT2D eigenvalue weighted by Gasteiger charge is 2.24. The van der Waals surface area contributed by atoms with Gasteiger partial charge in [-0.15, -0.1) is 0 Å². The number of pyridine rings is 4. The molecule has 2 N–H and O–H groups in total. The molecule has 0 saturated carbocycles. The maximum Gasteiger partial charge on any atom is 0.133 e. The second-order valence-electron chi connectivity index (χ2n) is 21.7. The molecule has 12 aromatic carbocycles. The zero-order valence-corrected chi connectivity index (χ0v) is 46.1. The van der Waals surface area contributed by atoms with Crippen LogP contribution in [-0.4, -0.2) is 30.1 Å². The lowest BCUT2D eigenvalue weighted by Gasteiger charge is -2.19. The van der Waals surface area contributed by atoms with E-state index in [1.165, 1.54) is 11.1 Å². The van der Waals surface area contributed by atoms with Crippen LogP contribution in [0, 0.1) is 13.8 Å². The zero-order valence-electron chi connectivity index (χ0n) is 46.1. The van der Waals surface area contributed by atoms with E-state index in [4.69, 9.17) is 9.97 Å². The third-order valence-electron chi connectivity index (χ3n) is 16.5. The first-order valence-electron chi connectivity index (χ1n) is 28.3. The summed E-state index contributed by atoms with van der Waals surface area (Å²) < 4.78 is 0. The first-order valence-corrected chi connectivity index (χ1v) is 28.3. The van der Waals surface area contributed by atoms with E-state index in [0.29, 0.717) is 22.5 Å². The van der Waals surface area contributed by atoms with Crippen molar-refractivity contribution in [1.29, 1.82) is 0 Å². The molecule has 0 atom stereocenters. The Morgan fingerprint density at radius 3 is 0.988 bits per heavy atom. The number of nitrogens with zero attached hydrogens (tertiary/aromatic N) is 4. The topological polar surface area (TPSA) is 92.0 Å². The van der Waals surface area contributed by atoms with Gasteiger partial charge in [-0.05, 0) is 116 Å². The van der Waals surface area contributed by atoms with Crippen molar-refractivity contribution in [1.82, 2.24) is 19.9 Å². The van der Waals surface area contributed by atoms with E-state index < -0.39 is 0 Å². The molecule has 0 aliphatic rings. The van der Waals surface area contributed by atoms with Gasteiger partial charge in [0.25, 0.3) is 0 Å². The molecule has 0 amide bonds. The molecule has 16 aromatic rings. The molecule has 0 bridgehead atoms. The van der Waals surface area contributed by atoms with Crippen molar-refractivity contribution in [2.45, 2.75) is 13.8 Å². The summed E-state index contributed by atoms with van der Waals surface area (Å²) in [5, 5.41) is 37.2. The molecule has 0 fully saturated rings. The van der Waals surface area contributed by atoms with E-state index in [1.807, 2.05) is 48.5 Å². The van der Waals surface area contributed by atoms with Crippen LogP contribution >= 0.6 is 0 Å². The minimum absolute atomic E-state index is 0.221. The van der Waals surface area contributed by atoms with Gasteiger partial charge in [-0.1, -0.05) is 230 Å². The minimum atomic E-state index is 0.221. The molecular weight excluding hydrogens is 1020 g/mol. The highest BCUT2D eigenvalue weighted by atomic mass is 16.3. The third kappa shape index (κ3) is 8.59. The summed E-state index contributed by atoms with van der Waals surface area (Å²) in [7, 11) is 0. The van der Waals surface area contributed by atoms with E-state index in [0.717, 1.165) is 131 Å². The lowest BCUT2D eigenvalue weighted by molar-refractivity contribution is 0.479. The number of phenols is 2. The van der Waals surface area contributed by atoms with Gasteiger partial charge in [-0.25, -0.2) is 9.97 Å². The number of aromatic hydroxyl groups is 2. The van der Waals surface area contributed by atoms with Gasteiger partial charge in [-0.3, -0.25) is 9.97 Å². The Hall–Kier alpha value is -11.1. The molecule has 0 unspecified atom stereocenters. The van der Waals surface area contributed by atoms with E-state index in [-0.39, 0.29) is 11.5 Å². The SMILES string of the molecule is Cc1ccc(-c2ccc3ccccc3c2-c2c(O)c(-c3ccc4ccc5cccnc5c4n3)cc3ccccc23)cc1.Cc1ccc(-c2ccc3ccccc3c2-c2c(O)c(-c3ccc4ccc5cccnc5c4n3)cc3ccccc23)cc1. The zero-order chi connectivity index (χ0) is 56.4. The molecule has 0 aliphatic heterocycles. The maximum absolute atomic E-state index is 12.3. The molecule has 4 heterocycles. The predicted molar refractivity (Wildman–Crippen MR) is 350 cm³/mol. The average Bonchev–Trinajstić information content (AvgIpc) is 1.42. The fraction of sp³-hybridized carbons (Fsp3) is 0.0256. The number of phenolic OH excluding ortho intramolecular Hbond substituents is 2. The molecule has 4 aromatic heterocycles. The molecule has 84 heavy (non-hydrogen) atoms. The number of aromatic nitrogens is 4. The number of rotatable bonds is 6. The monoisotopic (exact) mass is 1080 g/mol. The van der Waals surface area contributed by atoms with Crippen LogP contribution < -0.4 is 0 Å². The van der Waals surface area contributed by atoms with Crippen molar-refractivity contribution < 1.29 is 10.2 Å². The molecule has 6 heteroatoms. The fourth-order valence-electron chi connectivity index (χ4n) is 12.3. The van der Waals surface area contributed by atoms with Crippen molar-refractivity contribution in [3.63, 3.8) is 0 Å². The molecule has 0 spiro atoms. The van der Waals surface area contributed by atoms with Crippen molar-refractivity contribution >= 4 is 86.7 Å². The van der Waals surface area contributed by atoms with Gasteiger partial charge in [0.05, 0.1) is 33.5 Å². The Morgan fingerprint density at radius 1 is 0.262 bits per heavy atom. The summed E-state index contributed by atoms with van der Waals surface area (Å²) in [6.07, 6.45) is 3.60. The Morgan fingerprint density at radius 2 is 0.583 bits per heavy atom. The highest BCUT2D eigenvalue weighted by Crippen LogP contribution is 2.51. The van der Waals surface area contributed by atoms with Crippen molar-refractivity contribution in [3.8, 4) is 78.5 Å². The van der Waals surface area contributed by atoms with Crippen LogP contribution in [-0.2, 0) is 0 Å². The molecule has 396 valence electrons. The van der Waals surface area contributed by atoms with Crippen LogP contribution in [0.4, 0.5) is 0 Å². The predicted octanol–water partition coefficient (Wildman–Crippen LogP) is 20.2. The second-order valence-corrected chi connectivity index (χ2v) is 21.7. The van der Waals surface area contributed by atoms with Crippen LogP contribution in [0.25, 0.3) is 154 Å². The van der Waals surface area contributed by atoms with Gasteiger partial charge in [0, 0.05) is 67.3 Å². The highest BCUT2D eigenvalue weighted by molar-refractivity contribution is 6.17. The lowest BCUT2D eigenvalue weighted by atomic mass is 9.85. The van der Waals surface area contributed by atoms with Crippen LogP contribution in [0.1, 0.15) is 11.1 Å². The second kappa shape index (κ2) is 20.5. The summed E-state index contributed by atoms with van der Waals surface area (Å²) in [5.41, 5.74) is 16.6. The van der Waals surface area contributed by atoms with Crippen LogP contribution in [0.2, 0.25) is 0 Å². The van der Waals surface area contributed by atoms with Gasteiger partial charge >= 0.3 is 0 Å². The van der Waals surface area contributed by atoms with E-state index >= 15 is 0 Å². The number of aryl methyl sites for hydroxylation is 2. The minimum Gasteiger partial charge on any atom is -0.507 e. The fourth-order valence-corrected chi connectivity index (χ4v) is 12.3.